The Labute approximate surface area is 159 Å². The number of hydrogen-bond donors (Lipinski definition) is 1. The number of carbonyl (C=O) groups is 1. The van der Waals surface area contributed by atoms with Crippen molar-refractivity contribution < 1.29 is 14.3 Å². The number of benzene rings is 2. The van der Waals surface area contributed by atoms with E-state index in [1.54, 1.807) is 0 Å². The van der Waals surface area contributed by atoms with Crippen LogP contribution < -0.4 is 5.32 Å². The zero-order valence-electron chi connectivity index (χ0n) is 15.3. The highest BCUT2D eigenvalue weighted by Gasteiger charge is 2.36. The zero-order valence-corrected chi connectivity index (χ0v) is 16.2. The van der Waals surface area contributed by atoms with Crippen LogP contribution in [-0.2, 0) is 14.3 Å². The second kappa shape index (κ2) is 8.71. The van der Waals surface area contributed by atoms with E-state index in [2.05, 4.69) is 5.32 Å². The van der Waals surface area contributed by atoms with Gasteiger partial charge in [-0.2, -0.15) is 0 Å². The van der Waals surface area contributed by atoms with E-state index in [9.17, 15) is 4.79 Å². The molecule has 0 radical (unpaired) electrons. The summed E-state index contributed by atoms with van der Waals surface area (Å²) in [5.41, 5.74) is 1.93. The topological polar surface area (TPSA) is 47.6 Å². The van der Waals surface area contributed by atoms with E-state index in [0.29, 0.717) is 0 Å². The minimum Gasteiger partial charge on any atom is -0.348 e. The van der Waals surface area contributed by atoms with Crippen LogP contribution in [0.1, 0.15) is 25.8 Å². The molecule has 3 rings (SSSR count). The SMILES string of the molecule is Cc1ccc(NC(=O)C(Sc2ccccc2)C2O[C@H](C)C[C@@H](C)O2)cc1. The molecule has 0 saturated carbocycles. The van der Waals surface area contributed by atoms with Gasteiger partial charge in [0.1, 0.15) is 5.25 Å². The van der Waals surface area contributed by atoms with Crippen LogP contribution in [0.25, 0.3) is 0 Å². The standard InChI is InChI=1S/C21H25NO3S/c1-14-9-11-17(12-10-14)22-20(23)19(26-18-7-5-4-6-8-18)21-24-15(2)13-16(3)25-21/h4-12,15-16,19,21H,13H2,1-3H3,(H,22,23)/t15-,16-,19?/m1/s1. The number of hydrogen-bond acceptors (Lipinski definition) is 4. The maximum absolute atomic E-state index is 13.0. The maximum Gasteiger partial charge on any atom is 0.243 e. The van der Waals surface area contributed by atoms with Gasteiger partial charge >= 0.3 is 0 Å². The molecule has 138 valence electrons. The van der Waals surface area contributed by atoms with E-state index >= 15 is 0 Å². The summed E-state index contributed by atoms with van der Waals surface area (Å²) in [5.74, 6) is -0.117. The van der Waals surface area contributed by atoms with Crippen molar-refractivity contribution in [2.45, 2.75) is 55.8 Å². The van der Waals surface area contributed by atoms with E-state index < -0.39 is 11.5 Å². The highest BCUT2D eigenvalue weighted by atomic mass is 32.2. The van der Waals surface area contributed by atoms with E-state index in [0.717, 1.165) is 22.6 Å². The summed E-state index contributed by atoms with van der Waals surface area (Å²) in [7, 11) is 0. The summed E-state index contributed by atoms with van der Waals surface area (Å²) < 4.78 is 11.9. The Morgan fingerprint density at radius 3 is 2.27 bits per heavy atom. The number of anilines is 1. The molecule has 1 aliphatic rings. The smallest absolute Gasteiger partial charge is 0.243 e. The van der Waals surface area contributed by atoms with Crippen LogP contribution in [0, 0.1) is 6.92 Å². The van der Waals surface area contributed by atoms with Crippen molar-refractivity contribution in [3.63, 3.8) is 0 Å². The first kappa shape index (κ1) is 19.0. The predicted molar refractivity (Wildman–Crippen MR) is 105 cm³/mol. The average Bonchev–Trinajstić information content (AvgIpc) is 2.61. The van der Waals surface area contributed by atoms with E-state index in [-0.39, 0.29) is 18.1 Å². The third kappa shape index (κ3) is 5.10. The molecule has 0 spiro atoms. The zero-order chi connectivity index (χ0) is 18.5. The summed E-state index contributed by atoms with van der Waals surface area (Å²) in [6.07, 6.45) is 0.382. The van der Waals surface area contributed by atoms with Gasteiger partial charge in [0.25, 0.3) is 0 Å². The molecule has 5 heteroatoms. The van der Waals surface area contributed by atoms with Crippen molar-refractivity contribution in [2.24, 2.45) is 0 Å². The summed E-state index contributed by atoms with van der Waals surface area (Å²) >= 11 is 1.47. The lowest BCUT2D eigenvalue weighted by molar-refractivity contribution is -0.231. The average molecular weight is 372 g/mol. The first-order valence-corrected chi connectivity index (χ1v) is 9.79. The summed E-state index contributed by atoms with van der Waals surface area (Å²) in [5, 5.41) is 2.50. The molecule has 3 atom stereocenters. The van der Waals surface area contributed by atoms with Gasteiger partial charge in [-0.25, -0.2) is 0 Å². The van der Waals surface area contributed by atoms with Gasteiger partial charge < -0.3 is 14.8 Å². The monoisotopic (exact) mass is 371 g/mol. The van der Waals surface area contributed by atoms with Crippen molar-refractivity contribution in [3.8, 4) is 0 Å². The quantitative estimate of drug-likeness (QED) is 0.778. The molecule has 1 fully saturated rings. The lowest BCUT2D eigenvalue weighted by atomic mass is 10.1. The lowest BCUT2D eigenvalue weighted by Gasteiger charge is -2.36. The van der Waals surface area contributed by atoms with Crippen molar-refractivity contribution in [3.05, 3.63) is 60.2 Å². The first-order chi connectivity index (χ1) is 12.5. The number of rotatable bonds is 5. The molecule has 1 aliphatic heterocycles. The lowest BCUT2D eigenvalue weighted by Crippen LogP contribution is -2.46. The van der Waals surface area contributed by atoms with Crippen LogP contribution in [0.4, 0.5) is 5.69 Å². The number of nitrogens with one attached hydrogen (secondary N) is 1. The Balaban J connectivity index is 1.79. The molecule has 0 bridgehead atoms. The van der Waals surface area contributed by atoms with Gasteiger partial charge in [0, 0.05) is 10.6 Å². The first-order valence-electron chi connectivity index (χ1n) is 8.91. The van der Waals surface area contributed by atoms with Crippen molar-refractivity contribution >= 4 is 23.4 Å². The van der Waals surface area contributed by atoms with Gasteiger partial charge in [0.05, 0.1) is 12.2 Å². The molecule has 1 heterocycles. The van der Waals surface area contributed by atoms with Gasteiger partial charge in [0.2, 0.25) is 5.91 Å². The Hall–Kier alpha value is -1.82. The van der Waals surface area contributed by atoms with Crippen LogP contribution in [0.2, 0.25) is 0 Å². The molecule has 1 unspecified atom stereocenters. The number of amides is 1. The molecule has 26 heavy (non-hydrogen) atoms. The number of ether oxygens (including phenoxy) is 2. The van der Waals surface area contributed by atoms with Crippen LogP contribution >= 0.6 is 11.8 Å². The summed E-state index contributed by atoms with van der Waals surface area (Å²) in [6, 6.07) is 17.6. The second-order valence-electron chi connectivity index (χ2n) is 6.70. The van der Waals surface area contributed by atoms with E-state index in [1.165, 1.54) is 11.8 Å². The third-order valence-corrected chi connectivity index (χ3v) is 5.46. The Morgan fingerprint density at radius 2 is 1.65 bits per heavy atom. The predicted octanol–water partition coefficient (Wildman–Crippen LogP) is 4.63. The molecule has 0 aliphatic carbocycles. The molecule has 1 N–H and O–H groups in total. The fraction of sp³-hybridized carbons (Fsp3) is 0.381. The molecule has 2 aromatic carbocycles. The number of thioether (sulfide) groups is 1. The summed E-state index contributed by atoms with van der Waals surface area (Å²) in [6.45, 7) is 6.06. The second-order valence-corrected chi connectivity index (χ2v) is 7.92. The van der Waals surface area contributed by atoms with Gasteiger partial charge in [-0.15, -0.1) is 11.8 Å². The molecule has 1 amide bonds. The highest BCUT2D eigenvalue weighted by Crippen LogP contribution is 2.32. The molecular formula is C21H25NO3S. The Bertz CT molecular complexity index is 710. The Morgan fingerprint density at radius 1 is 1.04 bits per heavy atom. The van der Waals surface area contributed by atoms with Crippen LogP contribution in [-0.4, -0.2) is 29.7 Å². The third-order valence-electron chi connectivity index (χ3n) is 4.23. The largest absolute Gasteiger partial charge is 0.348 e. The maximum atomic E-state index is 13.0. The fourth-order valence-corrected chi connectivity index (χ4v) is 3.95. The molecule has 0 aromatic heterocycles. The van der Waals surface area contributed by atoms with Gasteiger partial charge in [-0.1, -0.05) is 35.9 Å². The number of carbonyl (C=O) groups excluding carboxylic acids is 1. The molecule has 2 aromatic rings. The molecule has 1 saturated heterocycles. The van der Waals surface area contributed by atoms with Crippen molar-refractivity contribution in [2.75, 3.05) is 5.32 Å². The highest BCUT2D eigenvalue weighted by molar-refractivity contribution is 8.00. The van der Waals surface area contributed by atoms with Gasteiger partial charge in [-0.3, -0.25) is 4.79 Å². The molecular weight excluding hydrogens is 346 g/mol. The Kier molecular flexibility index (Phi) is 6.35. The minimum atomic E-state index is -0.579. The fourth-order valence-electron chi connectivity index (χ4n) is 2.94. The van der Waals surface area contributed by atoms with Crippen molar-refractivity contribution in [1.82, 2.24) is 0 Å². The van der Waals surface area contributed by atoms with E-state index in [1.807, 2.05) is 75.4 Å². The van der Waals surface area contributed by atoms with E-state index in [4.69, 9.17) is 9.47 Å². The summed E-state index contributed by atoms with van der Waals surface area (Å²) in [4.78, 5) is 14.0. The van der Waals surface area contributed by atoms with Crippen molar-refractivity contribution in [1.29, 1.82) is 0 Å². The normalized spacial score (nSPS) is 24.0. The number of aryl methyl sites for hydroxylation is 1. The van der Waals surface area contributed by atoms with Crippen LogP contribution in [0.3, 0.4) is 0 Å². The van der Waals surface area contributed by atoms with Crippen LogP contribution in [0.5, 0.6) is 0 Å². The van der Waals surface area contributed by atoms with Gasteiger partial charge in [0.15, 0.2) is 6.29 Å². The molecule has 4 nitrogen and oxygen atoms in total. The van der Waals surface area contributed by atoms with Crippen LogP contribution in [0.15, 0.2) is 59.5 Å². The van der Waals surface area contributed by atoms with Gasteiger partial charge in [-0.05, 0) is 51.5 Å². The minimum absolute atomic E-state index is 0.0646.